The summed E-state index contributed by atoms with van der Waals surface area (Å²) >= 11 is 0. The Morgan fingerprint density at radius 3 is 2.39 bits per heavy atom. The van der Waals surface area contributed by atoms with E-state index in [9.17, 15) is 14.0 Å². The van der Waals surface area contributed by atoms with Crippen LogP contribution in [-0.4, -0.2) is 57.8 Å². The molecule has 0 bridgehead atoms. The van der Waals surface area contributed by atoms with Crippen molar-refractivity contribution in [1.29, 1.82) is 0 Å². The van der Waals surface area contributed by atoms with Crippen LogP contribution in [0.3, 0.4) is 0 Å². The van der Waals surface area contributed by atoms with Crippen LogP contribution in [0.4, 0.5) is 14.9 Å². The summed E-state index contributed by atoms with van der Waals surface area (Å²) in [6.07, 6.45) is 1.74. The summed E-state index contributed by atoms with van der Waals surface area (Å²) in [5.41, 5.74) is 4.79. The minimum absolute atomic E-state index is 0.203. The zero-order chi connectivity index (χ0) is 31.6. The predicted molar refractivity (Wildman–Crippen MR) is 172 cm³/mol. The largest absolute Gasteiger partial charge is 0.497 e. The van der Waals surface area contributed by atoms with E-state index in [1.165, 1.54) is 17.0 Å². The van der Waals surface area contributed by atoms with Gasteiger partial charge in [0.25, 0.3) is 5.91 Å². The average Bonchev–Trinajstić information content (AvgIpc) is 3.28. The molecule has 230 valence electrons. The second-order valence-corrected chi connectivity index (χ2v) is 18.0. The van der Waals surface area contributed by atoms with Crippen LogP contribution in [-0.2, 0) is 24.3 Å². The zero-order valence-corrected chi connectivity index (χ0v) is 27.1. The van der Waals surface area contributed by atoms with Crippen molar-refractivity contribution in [2.45, 2.75) is 45.3 Å². The molecule has 0 atom stereocenters. The summed E-state index contributed by atoms with van der Waals surface area (Å²) < 4.78 is 30.9. The third kappa shape index (κ3) is 6.70. The van der Waals surface area contributed by atoms with Gasteiger partial charge in [-0.2, -0.15) is 0 Å². The van der Waals surface area contributed by atoms with Crippen LogP contribution in [0, 0.1) is 5.82 Å². The number of halogens is 1. The predicted octanol–water partition coefficient (Wildman–Crippen LogP) is 7.05. The molecule has 0 radical (unpaired) electrons. The number of nitrogens with zero attached hydrogens (tertiary/aromatic N) is 3. The van der Waals surface area contributed by atoms with Gasteiger partial charge in [-0.1, -0.05) is 43.9 Å². The van der Waals surface area contributed by atoms with Crippen molar-refractivity contribution in [2.75, 3.05) is 32.7 Å². The van der Waals surface area contributed by atoms with Crippen molar-refractivity contribution >= 4 is 36.7 Å². The Bertz CT molecular complexity index is 1690. The number of carbonyl (C=O) groups is 2. The quantitative estimate of drug-likeness (QED) is 0.178. The first-order valence-electron chi connectivity index (χ1n) is 14.6. The summed E-state index contributed by atoms with van der Waals surface area (Å²) in [6, 6.07) is 16.7. The molecule has 2 heterocycles. The second-order valence-electron chi connectivity index (χ2n) is 12.4. The molecular formula is C34H38FN3O5Si. The van der Waals surface area contributed by atoms with Gasteiger partial charge in [0.1, 0.15) is 23.7 Å². The Morgan fingerprint density at radius 2 is 1.73 bits per heavy atom. The van der Waals surface area contributed by atoms with Crippen molar-refractivity contribution in [1.82, 2.24) is 9.88 Å². The molecule has 2 amide bonds. The fourth-order valence-electron chi connectivity index (χ4n) is 5.25. The standard InChI is InChI=1S/C34H38FN3O5Si/c1-37-20-28-29(33(37)39)32(43-21-23-9-13-26(41-3)14-10-23)30-27(31(28)38(2)34(40)42-15-16-44(4,5)6)18-24(19-36-30)17-22-7-11-25(35)12-8-22/h7-14,18-19H,15-17,20-21H2,1-6H3. The topological polar surface area (TPSA) is 81.2 Å². The van der Waals surface area contributed by atoms with Crippen molar-refractivity contribution in [3.8, 4) is 11.5 Å². The average molecular weight is 616 g/mol. The molecule has 10 heteroatoms. The number of anilines is 1. The molecular weight excluding hydrogens is 577 g/mol. The van der Waals surface area contributed by atoms with E-state index >= 15 is 0 Å². The van der Waals surface area contributed by atoms with Gasteiger partial charge in [0.15, 0.2) is 5.75 Å². The number of rotatable bonds is 10. The first-order valence-corrected chi connectivity index (χ1v) is 18.3. The highest BCUT2D eigenvalue weighted by atomic mass is 28.3. The van der Waals surface area contributed by atoms with Gasteiger partial charge in [-0.3, -0.25) is 14.7 Å². The summed E-state index contributed by atoms with van der Waals surface area (Å²) in [5, 5.41) is 0.667. The normalized spacial score (nSPS) is 12.8. The van der Waals surface area contributed by atoms with Crippen molar-refractivity contribution in [2.24, 2.45) is 0 Å². The Kier molecular flexibility index (Phi) is 8.91. The van der Waals surface area contributed by atoms with E-state index in [2.05, 4.69) is 19.6 Å². The number of ether oxygens (including phenoxy) is 3. The third-order valence-corrected chi connectivity index (χ3v) is 9.44. The van der Waals surface area contributed by atoms with Crippen LogP contribution >= 0.6 is 0 Å². The van der Waals surface area contributed by atoms with Gasteiger partial charge >= 0.3 is 6.09 Å². The molecule has 0 saturated carbocycles. The number of hydrogen-bond donors (Lipinski definition) is 0. The number of carbonyl (C=O) groups excluding carboxylic acids is 2. The van der Waals surface area contributed by atoms with Crippen molar-refractivity contribution < 1.29 is 28.2 Å². The molecule has 8 nitrogen and oxygen atoms in total. The lowest BCUT2D eigenvalue weighted by atomic mass is 9.97. The summed E-state index contributed by atoms with van der Waals surface area (Å²) in [7, 11) is 3.58. The number of amides is 2. The van der Waals surface area contributed by atoms with Crippen LogP contribution in [0.2, 0.25) is 25.7 Å². The summed E-state index contributed by atoms with van der Waals surface area (Å²) in [4.78, 5) is 34.9. The van der Waals surface area contributed by atoms with Gasteiger partial charge < -0.3 is 19.1 Å². The van der Waals surface area contributed by atoms with E-state index in [0.717, 1.165) is 28.5 Å². The summed E-state index contributed by atoms with van der Waals surface area (Å²) in [6.45, 7) is 7.51. The van der Waals surface area contributed by atoms with Gasteiger partial charge in [-0.25, -0.2) is 9.18 Å². The van der Waals surface area contributed by atoms with E-state index in [4.69, 9.17) is 19.2 Å². The monoisotopic (exact) mass is 615 g/mol. The third-order valence-electron chi connectivity index (χ3n) is 7.74. The summed E-state index contributed by atoms with van der Waals surface area (Å²) in [5.74, 6) is 0.602. The van der Waals surface area contributed by atoms with E-state index in [1.54, 1.807) is 44.4 Å². The number of benzene rings is 3. The fraction of sp³-hybridized carbons (Fsp3) is 0.324. The molecule has 3 aromatic carbocycles. The molecule has 1 aliphatic heterocycles. The molecule has 44 heavy (non-hydrogen) atoms. The first-order chi connectivity index (χ1) is 20.9. The van der Waals surface area contributed by atoms with Crippen LogP contribution in [0.15, 0.2) is 60.8 Å². The van der Waals surface area contributed by atoms with Gasteiger partial charge in [0, 0.05) is 45.9 Å². The van der Waals surface area contributed by atoms with Crippen LogP contribution < -0.4 is 14.4 Å². The van der Waals surface area contributed by atoms with Gasteiger partial charge in [-0.15, -0.1) is 0 Å². The molecule has 0 N–H and O–H groups in total. The maximum absolute atomic E-state index is 13.6. The van der Waals surface area contributed by atoms with Gasteiger partial charge in [0.2, 0.25) is 0 Å². The van der Waals surface area contributed by atoms with E-state index < -0.39 is 14.2 Å². The number of pyridine rings is 1. The van der Waals surface area contributed by atoms with Crippen molar-refractivity contribution in [3.05, 3.63) is 94.4 Å². The van der Waals surface area contributed by atoms with Crippen LogP contribution in [0.25, 0.3) is 10.9 Å². The molecule has 1 aromatic heterocycles. The minimum atomic E-state index is -1.42. The highest BCUT2D eigenvalue weighted by Gasteiger charge is 2.36. The van der Waals surface area contributed by atoms with Crippen LogP contribution in [0.5, 0.6) is 11.5 Å². The SMILES string of the molecule is COc1ccc(COc2c3c(c(N(C)C(=O)OCC[Si](C)(C)C)c4cc(Cc5ccc(F)cc5)cnc24)CN(C)C3=O)cc1. The fourth-order valence-corrected chi connectivity index (χ4v) is 5.97. The Balaban J connectivity index is 1.61. The lowest BCUT2D eigenvalue weighted by Crippen LogP contribution is -2.31. The van der Waals surface area contributed by atoms with Gasteiger partial charge in [0.05, 0.1) is 25.0 Å². The Hall–Kier alpha value is -4.44. The minimum Gasteiger partial charge on any atom is -0.497 e. The maximum atomic E-state index is 13.6. The van der Waals surface area contributed by atoms with Gasteiger partial charge in [-0.05, 0) is 59.5 Å². The highest BCUT2D eigenvalue weighted by molar-refractivity contribution is 6.76. The molecule has 1 aliphatic rings. The number of aromatic nitrogens is 1. The highest BCUT2D eigenvalue weighted by Crippen LogP contribution is 2.45. The van der Waals surface area contributed by atoms with E-state index in [0.29, 0.717) is 53.0 Å². The lowest BCUT2D eigenvalue weighted by Gasteiger charge is -2.24. The molecule has 0 unspecified atom stereocenters. The molecule has 4 aromatic rings. The lowest BCUT2D eigenvalue weighted by molar-refractivity contribution is 0.0813. The van der Waals surface area contributed by atoms with Crippen molar-refractivity contribution in [3.63, 3.8) is 0 Å². The number of fused-ring (bicyclic) bond motifs is 2. The maximum Gasteiger partial charge on any atom is 0.414 e. The molecule has 0 fully saturated rings. The molecule has 0 spiro atoms. The first kappa shape index (κ1) is 31.0. The zero-order valence-electron chi connectivity index (χ0n) is 26.1. The van der Waals surface area contributed by atoms with Crippen LogP contribution in [0.1, 0.15) is 32.6 Å². The van der Waals surface area contributed by atoms with E-state index in [-0.39, 0.29) is 18.3 Å². The second kappa shape index (κ2) is 12.7. The number of hydrogen-bond acceptors (Lipinski definition) is 6. The van der Waals surface area contributed by atoms with E-state index in [1.807, 2.05) is 30.3 Å². The Labute approximate surface area is 258 Å². The Morgan fingerprint density at radius 1 is 1.05 bits per heavy atom. The molecule has 0 aliphatic carbocycles. The molecule has 5 rings (SSSR count). The number of methoxy groups -OCH3 is 1. The molecule has 0 saturated heterocycles. The smallest absolute Gasteiger partial charge is 0.414 e.